The number of nitrogens with one attached hydrogen (secondary N) is 1. The highest BCUT2D eigenvalue weighted by Gasteiger charge is 2.71. The number of fused-ring (bicyclic) bond motifs is 7. The van der Waals surface area contributed by atoms with Crippen LogP contribution in [0.1, 0.15) is 132 Å². The molecule has 47 heavy (non-hydrogen) atoms. The molecule has 8 nitrogen and oxygen atoms in total. The number of rotatable bonds is 8. The SMILES string of the molecule is C=C(C)[C@@H]1CC[C@]2(CC(=O)NS(C)(=O)=O)CC[C@]3(C)[C@H](CC[C@@H]4[C@@]5(C)CC[C@H](OC(=O)CC(C)(C)C(=O)O)C(C)(C)[C@@H]5CC[C@]43C)[C@@H]12. The molecule has 0 aliphatic heterocycles. The number of carbonyl (C=O) groups excluding carboxylic acids is 2. The summed E-state index contributed by atoms with van der Waals surface area (Å²) in [7, 11) is -3.62. The zero-order valence-electron chi connectivity index (χ0n) is 30.5. The van der Waals surface area contributed by atoms with Crippen molar-refractivity contribution in [2.75, 3.05) is 6.26 Å². The van der Waals surface area contributed by atoms with Crippen LogP contribution in [-0.2, 0) is 29.1 Å². The molecule has 5 fully saturated rings. The number of esters is 1. The van der Waals surface area contributed by atoms with Crippen molar-refractivity contribution in [2.24, 2.45) is 62.1 Å². The van der Waals surface area contributed by atoms with Gasteiger partial charge in [-0.3, -0.25) is 19.1 Å². The fourth-order valence-electron chi connectivity index (χ4n) is 13.0. The van der Waals surface area contributed by atoms with Gasteiger partial charge < -0.3 is 9.84 Å². The van der Waals surface area contributed by atoms with E-state index in [1.807, 2.05) is 0 Å². The summed E-state index contributed by atoms with van der Waals surface area (Å²) in [5, 5.41) is 9.56. The molecule has 5 aliphatic carbocycles. The number of carbonyl (C=O) groups is 3. The molecule has 0 heterocycles. The second-order valence-corrected chi connectivity index (χ2v) is 20.5. The van der Waals surface area contributed by atoms with E-state index in [0.29, 0.717) is 29.6 Å². The molecule has 0 aromatic heterocycles. The number of amides is 1. The summed E-state index contributed by atoms with van der Waals surface area (Å²) in [6.45, 7) is 21.9. The lowest BCUT2D eigenvalue weighted by Gasteiger charge is -2.73. The quantitative estimate of drug-likeness (QED) is 0.201. The minimum atomic E-state index is -3.62. The summed E-state index contributed by atoms with van der Waals surface area (Å²) in [4.78, 5) is 37.8. The van der Waals surface area contributed by atoms with Crippen LogP contribution in [0.3, 0.4) is 0 Å². The number of allylic oxidation sites excluding steroid dienone is 1. The zero-order valence-corrected chi connectivity index (χ0v) is 31.3. The van der Waals surface area contributed by atoms with Crippen molar-refractivity contribution in [1.82, 2.24) is 4.72 Å². The van der Waals surface area contributed by atoms with E-state index in [1.165, 1.54) is 5.57 Å². The molecule has 5 saturated carbocycles. The molecule has 9 heteroatoms. The first-order chi connectivity index (χ1) is 21.4. The lowest BCUT2D eigenvalue weighted by atomic mass is 9.32. The number of aliphatic carboxylic acids is 1. The fourth-order valence-corrected chi connectivity index (χ4v) is 13.5. The fraction of sp³-hybridized carbons (Fsp3) is 0.868. The zero-order chi connectivity index (χ0) is 35.2. The standard InChI is InChI=1S/C38H61NO7S/c1-23(2)24-13-18-38(21-29(40)39-47(10,44)45)20-19-36(8)25(31(24)38)11-12-27-35(7)16-15-28(46-30(41)22-33(3,4)32(42)43)34(5,6)26(35)14-17-37(27,36)9/h24-28,31H,1,11-22H2,2-10H3,(H,39,40)(H,42,43)/t24-,25+,26-,27+,28-,31+,35-,36+,37+,38+/m0/s1. The molecule has 5 aliphatic rings. The highest BCUT2D eigenvalue weighted by Crippen LogP contribution is 2.78. The normalized spacial score (nSPS) is 42.6. The molecule has 1 amide bonds. The van der Waals surface area contributed by atoms with Gasteiger partial charge in [-0.15, -0.1) is 0 Å². The van der Waals surface area contributed by atoms with Crippen LogP contribution in [0, 0.1) is 62.1 Å². The van der Waals surface area contributed by atoms with Gasteiger partial charge in [-0.1, -0.05) is 46.8 Å². The number of carboxylic acids is 1. The Bertz CT molecular complexity index is 1430. The number of carboxylic acid groups (broad SMARTS) is 1. The van der Waals surface area contributed by atoms with Crippen molar-refractivity contribution >= 4 is 27.9 Å². The van der Waals surface area contributed by atoms with E-state index in [-0.39, 0.29) is 51.9 Å². The largest absolute Gasteiger partial charge is 0.481 e. The average molecular weight is 676 g/mol. The summed E-state index contributed by atoms with van der Waals surface area (Å²) in [6, 6.07) is 0. The van der Waals surface area contributed by atoms with Crippen LogP contribution in [0.15, 0.2) is 12.2 Å². The Morgan fingerprint density at radius 3 is 2.15 bits per heavy atom. The van der Waals surface area contributed by atoms with E-state index in [0.717, 1.165) is 70.5 Å². The molecule has 0 aromatic rings. The number of hydrogen-bond acceptors (Lipinski definition) is 6. The van der Waals surface area contributed by atoms with Crippen LogP contribution in [0.4, 0.5) is 0 Å². The smallest absolute Gasteiger partial charge is 0.309 e. The molecular weight excluding hydrogens is 614 g/mol. The Morgan fingerprint density at radius 1 is 0.894 bits per heavy atom. The summed E-state index contributed by atoms with van der Waals surface area (Å²) in [6.07, 6.45) is 11.0. The molecule has 0 spiro atoms. The molecular formula is C38H61NO7S. The molecule has 5 rings (SSSR count). The summed E-state index contributed by atoms with van der Waals surface area (Å²) in [5.41, 5.74) is -0.140. The highest BCUT2D eigenvalue weighted by molar-refractivity contribution is 7.89. The van der Waals surface area contributed by atoms with Gasteiger partial charge in [0.2, 0.25) is 15.9 Å². The number of hydrogen-bond donors (Lipinski definition) is 2. The Morgan fingerprint density at radius 2 is 1.55 bits per heavy atom. The average Bonchev–Trinajstić information content (AvgIpc) is 3.28. The first-order valence-electron chi connectivity index (χ1n) is 18.0. The predicted molar refractivity (Wildman–Crippen MR) is 182 cm³/mol. The summed E-state index contributed by atoms with van der Waals surface area (Å²) >= 11 is 0. The van der Waals surface area contributed by atoms with Gasteiger partial charge in [-0.05, 0) is 136 Å². The molecule has 0 aromatic carbocycles. The minimum Gasteiger partial charge on any atom is -0.481 e. The van der Waals surface area contributed by atoms with Crippen LogP contribution >= 0.6 is 0 Å². The van der Waals surface area contributed by atoms with Crippen LogP contribution < -0.4 is 4.72 Å². The molecule has 0 unspecified atom stereocenters. The molecule has 10 atom stereocenters. The first-order valence-corrected chi connectivity index (χ1v) is 19.9. The Kier molecular flexibility index (Phi) is 8.97. The van der Waals surface area contributed by atoms with E-state index in [1.54, 1.807) is 13.8 Å². The highest BCUT2D eigenvalue weighted by atomic mass is 32.2. The third-order valence-corrected chi connectivity index (χ3v) is 16.0. The second-order valence-electron chi connectivity index (χ2n) is 18.7. The lowest BCUT2D eigenvalue weighted by Crippen LogP contribution is -2.67. The maximum atomic E-state index is 13.2. The van der Waals surface area contributed by atoms with E-state index >= 15 is 0 Å². The molecule has 0 saturated heterocycles. The maximum absolute atomic E-state index is 13.2. The van der Waals surface area contributed by atoms with E-state index in [4.69, 9.17) is 4.74 Å². The van der Waals surface area contributed by atoms with Gasteiger partial charge in [-0.25, -0.2) is 8.42 Å². The molecule has 0 radical (unpaired) electrons. The Hall–Kier alpha value is -1.90. The van der Waals surface area contributed by atoms with Crippen LogP contribution in [0.25, 0.3) is 0 Å². The lowest BCUT2D eigenvalue weighted by molar-refractivity contribution is -0.250. The van der Waals surface area contributed by atoms with E-state index < -0.39 is 27.4 Å². The van der Waals surface area contributed by atoms with Crippen molar-refractivity contribution in [2.45, 2.75) is 139 Å². The molecule has 0 bridgehead atoms. The van der Waals surface area contributed by atoms with Gasteiger partial charge in [0, 0.05) is 11.8 Å². The molecule has 266 valence electrons. The number of ether oxygens (including phenoxy) is 1. The summed E-state index contributed by atoms with van der Waals surface area (Å²) in [5.74, 6) is 0.198. The number of sulfonamides is 1. The summed E-state index contributed by atoms with van der Waals surface area (Å²) < 4.78 is 32.4. The van der Waals surface area contributed by atoms with Gasteiger partial charge in [-0.2, -0.15) is 0 Å². The van der Waals surface area contributed by atoms with Crippen molar-refractivity contribution in [3.63, 3.8) is 0 Å². The van der Waals surface area contributed by atoms with Crippen molar-refractivity contribution in [3.05, 3.63) is 12.2 Å². The minimum absolute atomic E-state index is 0.0826. The third kappa shape index (κ3) is 5.80. The third-order valence-electron chi connectivity index (χ3n) is 15.4. The van der Waals surface area contributed by atoms with Crippen LogP contribution in [-0.4, -0.2) is 43.7 Å². The van der Waals surface area contributed by atoms with Gasteiger partial charge in [0.25, 0.3) is 0 Å². The predicted octanol–water partition coefficient (Wildman–Crippen LogP) is 7.52. The van der Waals surface area contributed by atoms with E-state index in [9.17, 15) is 27.9 Å². The van der Waals surface area contributed by atoms with E-state index in [2.05, 4.69) is 52.8 Å². The van der Waals surface area contributed by atoms with Crippen LogP contribution in [0.2, 0.25) is 0 Å². The topological polar surface area (TPSA) is 127 Å². The van der Waals surface area contributed by atoms with Gasteiger partial charge in [0.1, 0.15) is 6.10 Å². The first kappa shape index (κ1) is 36.4. The Balaban J connectivity index is 1.42. The molecule has 2 N–H and O–H groups in total. The van der Waals surface area contributed by atoms with Gasteiger partial charge in [0.05, 0.1) is 18.1 Å². The van der Waals surface area contributed by atoms with Gasteiger partial charge in [0.15, 0.2) is 0 Å². The van der Waals surface area contributed by atoms with Crippen LogP contribution in [0.5, 0.6) is 0 Å². The maximum Gasteiger partial charge on any atom is 0.309 e. The van der Waals surface area contributed by atoms with Crippen molar-refractivity contribution in [3.8, 4) is 0 Å². The Labute approximate surface area is 283 Å². The van der Waals surface area contributed by atoms with Gasteiger partial charge >= 0.3 is 11.9 Å². The second kappa shape index (κ2) is 11.6. The van der Waals surface area contributed by atoms with Crippen molar-refractivity contribution in [1.29, 1.82) is 0 Å². The monoisotopic (exact) mass is 675 g/mol. The van der Waals surface area contributed by atoms with Crippen molar-refractivity contribution < 1.29 is 32.6 Å².